The lowest BCUT2D eigenvalue weighted by Crippen LogP contribution is -2.35. The summed E-state index contributed by atoms with van der Waals surface area (Å²) in [6.07, 6.45) is 2.38. The quantitative estimate of drug-likeness (QED) is 0.872. The molecule has 2 N–H and O–H groups in total. The van der Waals surface area contributed by atoms with Crippen molar-refractivity contribution in [2.45, 2.75) is 53.3 Å². The second kappa shape index (κ2) is 7.29. The molecule has 124 valence electrons. The Bertz CT molecular complexity index is 566. The highest BCUT2D eigenvalue weighted by Crippen LogP contribution is 2.22. The lowest BCUT2D eigenvalue weighted by atomic mass is 10.00. The van der Waals surface area contributed by atoms with Crippen molar-refractivity contribution in [3.05, 3.63) is 27.7 Å². The van der Waals surface area contributed by atoms with Gasteiger partial charge in [0.25, 0.3) is 0 Å². The molecule has 1 aromatic heterocycles. The summed E-state index contributed by atoms with van der Waals surface area (Å²) in [7, 11) is 0. The van der Waals surface area contributed by atoms with Crippen LogP contribution in [-0.4, -0.2) is 32.8 Å². The molecule has 0 aliphatic carbocycles. The van der Waals surface area contributed by atoms with Crippen molar-refractivity contribution >= 4 is 0 Å². The van der Waals surface area contributed by atoms with Gasteiger partial charge in [-0.1, -0.05) is 20.8 Å². The summed E-state index contributed by atoms with van der Waals surface area (Å²) in [5, 5.41) is 19.8. The van der Waals surface area contributed by atoms with Crippen LogP contribution in [0.3, 0.4) is 0 Å². The van der Waals surface area contributed by atoms with Gasteiger partial charge < -0.3 is 14.8 Å². The van der Waals surface area contributed by atoms with Gasteiger partial charge >= 0.3 is 0 Å². The zero-order chi connectivity index (χ0) is 16.3. The van der Waals surface area contributed by atoms with Crippen LogP contribution in [0.2, 0.25) is 0 Å². The Morgan fingerprint density at radius 3 is 2.73 bits per heavy atom. The number of aromatic nitrogens is 1. The number of nitrogens with zero attached hydrogens (tertiary/aromatic N) is 2. The Morgan fingerprint density at radius 2 is 2.14 bits per heavy atom. The zero-order valence-corrected chi connectivity index (χ0v) is 13.9. The molecule has 2 heterocycles. The molecule has 1 unspecified atom stereocenters. The van der Waals surface area contributed by atoms with Crippen LogP contribution in [0.15, 0.2) is 10.9 Å². The average Bonchev–Trinajstić information content (AvgIpc) is 2.46. The Morgan fingerprint density at radius 1 is 1.41 bits per heavy atom. The number of rotatable bonds is 5. The van der Waals surface area contributed by atoms with Crippen LogP contribution in [0.5, 0.6) is 5.75 Å². The van der Waals surface area contributed by atoms with Crippen LogP contribution in [0.1, 0.15) is 45.0 Å². The standard InChI is InChI=1S/C17H28N2O3/c1-12(2)8-19-14(11-20)7-16(21)17(22)15(19)10-18-6-4-5-13(3)9-18/h7,12-13,20,22H,4-6,8-11H2,1-3H3. The van der Waals surface area contributed by atoms with Crippen molar-refractivity contribution in [3.63, 3.8) is 0 Å². The molecular weight excluding hydrogens is 280 g/mol. The summed E-state index contributed by atoms with van der Waals surface area (Å²) in [6, 6.07) is 1.35. The zero-order valence-electron chi connectivity index (χ0n) is 13.9. The van der Waals surface area contributed by atoms with Gasteiger partial charge in [0.15, 0.2) is 5.75 Å². The van der Waals surface area contributed by atoms with Crippen LogP contribution in [0, 0.1) is 11.8 Å². The van der Waals surface area contributed by atoms with E-state index in [2.05, 4.69) is 25.7 Å². The Kier molecular flexibility index (Phi) is 5.64. The summed E-state index contributed by atoms with van der Waals surface area (Å²) >= 11 is 0. The lowest BCUT2D eigenvalue weighted by molar-refractivity contribution is 0.168. The Hall–Kier alpha value is -1.33. The molecule has 5 nitrogen and oxygen atoms in total. The normalized spacial score (nSPS) is 19.8. The van der Waals surface area contributed by atoms with E-state index in [9.17, 15) is 15.0 Å². The highest BCUT2D eigenvalue weighted by molar-refractivity contribution is 5.30. The van der Waals surface area contributed by atoms with Crippen molar-refractivity contribution in [1.82, 2.24) is 9.47 Å². The average molecular weight is 308 g/mol. The molecule has 0 radical (unpaired) electrons. The van der Waals surface area contributed by atoms with Gasteiger partial charge in [0.05, 0.1) is 12.3 Å². The van der Waals surface area contributed by atoms with Crippen molar-refractivity contribution in [2.75, 3.05) is 13.1 Å². The second-order valence-corrected chi connectivity index (χ2v) is 6.94. The minimum absolute atomic E-state index is 0.170. The number of aliphatic hydroxyl groups is 1. The van der Waals surface area contributed by atoms with E-state index in [1.807, 2.05) is 4.57 Å². The van der Waals surface area contributed by atoms with Gasteiger partial charge in [-0.05, 0) is 31.2 Å². The van der Waals surface area contributed by atoms with Gasteiger partial charge in [-0.25, -0.2) is 0 Å². The number of hydrogen-bond acceptors (Lipinski definition) is 4. The molecule has 1 aromatic rings. The first-order valence-corrected chi connectivity index (χ1v) is 8.20. The highest BCUT2D eigenvalue weighted by Gasteiger charge is 2.21. The summed E-state index contributed by atoms with van der Waals surface area (Å²) in [5.74, 6) is 0.837. The summed E-state index contributed by atoms with van der Waals surface area (Å²) in [6.45, 7) is 9.44. The molecule has 1 aliphatic heterocycles. The van der Waals surface area contributed by atoms with E-state index in [1.165, 1.54) is 12.5 Å². The van der Waals surface area contributed by atoms with E-state index in [0.717, 1.165) is 19.5 Å². The van der Waals surface area contributed by atoms with E-state index >= 15 is 0 Å². The smallest absolute Gasteiger partial charge is 0.223 e. The Balaban J connectivity index is 2.38. The van der Waals surface area contributed by atoms with Crippen molar-refractivity contribution in [1.29, 1.82) is 0 Å². The molecule has 0 amide bonds. The van der Waals surface area contributed by atoms with Crippen LogP contribution in [0.25, 0.3) is 0 Å². The second-order valence-electron chi connectivity index (χ2n) is 6.94. The molecule has 0 saturated carbocycles. The fraction of sp³-hybridized carbons (Fsp3) is 0.706. The van der Waals surface area contributed by atoms with Gasteiger partial charge in [0.1, 0.15) is 0 Å². The predicted molar refractivity (Wildman–Crippen MR) is 86.8 cm³/mol. The minimum Gasteiger partial charge on any atom is -0.503 e. The first-order chi connectivity index (χ1) is 10.4. The molecule has 5 heteroatoms. The maximum absolute atomic E-state index is 12.0. The Labute approximate surface area is 132 Å². The van der Waals surface area contributed by atoms with Crippen molar-refractivity contribution < 1.29 is 10.2 Å². The summed E-state index contributed by atoms with van der Waals surface area (Å²) in [4.78, 5) is 14.3. The summed E-state index contributed by atoms with van der Waals surface area (Å²) in [5.41, 5.74) is 0.819. The van der Waals surface area contributed by atoms with Gasteiger partial charge in [-0.3, -0.25) is 9.69 Å². The molecule has 1 atom stereocenters. The third kappa shape index (κ3) is 3.90. The van der Waals surface area contributed by atoms with Gasteiger partial charge in [-0.2, -0.15) is 0 Å². The molecule has 1 fully saturated rings. The molecule has 1 aliphatic rings. The largest absolute Gasteiger partial charge is 0.503 e. The number of aliphatic hydroxyl groups excluding tert-OH is 1. The number of hydrogen-bond donors (Lipinski definition) is 2. The molecule has 1 saturated heterocycles. The predicted octanol–water partition coefficient (Wildman–Crippen LogP) is 1.93. The monoisotopic (exact) mass is 308 g/mol. The SMILES string of the molecule is CC(C)Cn1c(CO)cc(=O)c(O)c1CN1CCCC(C)C1. The lowest BCUT2D eigenvalue weighted by Gasteiger charge is -2.32. The molecule has 22 heavy (non-hydrogen) atoms. The molecule has 0 aromatic carbocycles. The van der Waals surface area contributed by atoms with Gasteiger partial charge in [0.2, 0.25) is 5.43 Å². The van der Waals surface area contributed by atoms with E-state index in [-0.39, 0.29) is 12.4 Å². The van der Waals surface area contributed by atoms with E-state index in [1.54, 1.807) is 0 Å². The number of piperidine rings is 1. The van der Waals surface area contributed by atoms with Crippen LogP contribution < -0.4 is 5.43 Å². The van der Waals surface area contributed by atoms with Crippen LogP contribution in [0.4, 0.5) is 0 Å². The van der Waals surface area contributed by atoms with Crippen molar-refractivity contribution in [3.8, 4) is 5.75 Å². The first kappa shape index (κ1) is 17.0. The highest BCUT2D eigenvalue weighted by atomic mass is 16.3. The van der Waals surface area contributed by atoms with Crippen molar-refractivity contribution in [2.24, 2.45) is 11.8 Å². The number of likely N-dealkylation sites (tertiary alicyclic amines) is 1. The molecule has 0 bridgehead atoms. The van der Waals surface area contributed by atoms with Crippen LogP contribution >= 0.6 is 0 Å². The van der Waals surface area contributed by atoms with Crippen LogP contribution in [-0.2, 0) is 19.7 Å². The molecular formula is C17H28N2O3. The fourth-order valence-electron chi connectivity index (χ4n) is 3.27. The maximum atomic E-state index is 12.0. The number of pyridine rings is 1. The van der Waals surface area contributed by atoms with Gasteiger partial charge in [0, 0.05) is 31.4 Å². The molecule has 2 rings (SSSR count). The third-order valence-electron chi connectivity index (χ3n) is 4.30. The van der Waals surface area contributed by atoms with E-state index in [4.69, 9.17) is 0 Å². The van der Waals surface area contributed by atoms with E-state index < -0.39 is 5.43 Å². The topological polar surface area (TPSA) is 65.7 Å². The fourth-order valence-corrected chi connectivity index (χ4v) is 3.27. The van der Waals surface area contributed by atoms with E-state index in [0.29, 0.717) is 36.3 Å². The molecule has 0 spiro atoms. The maximum Gasteiger partial charge on any atom is 0.223 e. The van der Waals surface area contributed by atoms with Gasteiger partial charge in [-0.15, -0.1) is 0 Å². The minimum atomic E-state index is -0.399. The third-order valence-corrected chi connectivity index (χ3v) is 4.30. The number of aromatic hydroxyl groups is 1. The first-order valence-electron chi connectivity index (χ1n) is 8.20. The summed E-state index contributed by atoms with van der Waals surface area (Å²) < 4.78 is 1.92.